The molecule has 1 unspecified atom stereocenters. The quantitative estimate of drug-likeness (QED) is 0.685. The molecule has 1 saturated carbocycles. The minimum absolute atomic E-state index is 0.258. The zero-order valence-corrected chi connectivity index (χ0v) is 8.67. The first-order chi connectivity index (χ1) is 6.84. The molecule has 1 amide bonds. The summed E-state index contributed by atoms with van der Waals surface area (Å²) in [4.78, 5) is 11.6. The number of amides is 1. The predicted octanol–water partition coefficient (Wildman–Crippen LogP) is 2.40. The molecule has 0 aromatic carbocycles. The molecule has 2 aliphatic rings. The highest BCUT2D eigenvalue weighted by Gasteiger charge is 2.19. The number of carbonyl (C=O) groups is 1. The van der Waals surface area contributed by atoms with Gasteiger partial charge in [0.05, 0.1) is 0 Å². The Labute approximate surface area is 85.8 Å². The molecule has 0 bridgehead atoms. The van der Waals surface area contributed by atoms with Crippen LogP contribution in [0.25, 0.3) is 0 Å². The van der Waals surface area contributed by atoms with Crippen LogP contribution >= 0.6 is 0 Å². The van der Waals surface area contributed by atoms with Crippen LogP contribution in [0, 0.1) is 5.92 Å². The van der Waals surface area contributed by atoms with Crippen molar-refractivity contribution in [3.8, 4) is 0 Å². The maximum absolute atomic E-state index is 11.6. The van der Waals surface area contributed by atoms with E-state index in [9.17, 15) is 4.79 Å². The summed E-state index contributed by atoms with van der Waals surface area (Å²) >= 11 is 0. The van der Waals surface area contributed by atoms with Crippen molar-refractivity contribution in [2.75, 3.05) is 0 Å². The minimum Gasteiger partial charge on any atom is -0.353 e. The Morgan fingerprint density at radius 1 is 1.29 bits per heavy atom. The van der Waals surface area contributed by atoms with Gasteiger partial charge >= 0.3 is 0 Å². The fraction of sp³-hybridized carbons (Fsp3) is 0.750. The Balaban J connectivity index is 1.69. The van der Waals surface area contributed by atoms with Crippen LogP contribution in [-0.2, 0) is 4.79 Å². The summed E-state index contributed by atoms with van der Waals surface area (Å²) in [6.07, 6.45) is 12.3. The Bertz CT molecular complexity index is 228. The van der Waals surface area contributed by atoms with Crippen LogP contribution < -0.4 is 5.32 Å². The number of allylic oxidation sites excluding steroid dienone is 2. The first-order valence-electron chi connectivity index (χ1n) is 5.80. The van der Waals surface area contributed by atoms with Gasteiger partial charge in [-0.15, -0.1) is 0 Å². The van der Waals surface area contributed by atoms with Gasteiger partial charge in [-0.2, -0.15) is 0 Å². The van der Waals surface area contributed by atoms with E-state index in [0.717, 1.165) is 12.8 Å². The zero-order valence-electron chi connectivity index (χ0n) is 8.67. The van der Waals surface area contributed by atoms with Crippen molar-refractivity contribution in [3.63, 3.8) is 0 Å². The van der Waals surface area contributed by atoms with E-state index in [1.54, 1.807) is 0 Å². The lowest BCUT2D eigenvalue weighted by Crippen LogP contribution is -2.33. The molecule has 1 N–H and O–H groups in total. The first-order valence-corrected chi connectivity index (χ1v) is 5.80. The normalized spacial score (nSPS) is 27.0. The Hall–Kier alpha value is -0.790. The topological polar surface area (TPSA) is 29.1 Å². The van der Waals surface area contributed by atoms with Gasteiger partial charge in [-0.3, -0.25) is 4.79 Å². The molecular weight excluding hydrogens is 174 g/mol. The molecule has 0 aromatic heterocycles. The van der Waals surface area contributed by atoms with Gasteiger partial charge in [0.25, 0.3) is 0 Å². The highest BCUT2D eigenvalue weighted by atomic mass is 16.1. The van der Waals surface area contributed by atoms with Crippen molar-refractivity contribution in [1.82, 2.24) is 5.32 Å². The fourth-order valence-corrected chi connectivity index (χ4v) is 2.46. The second kappa shape index (κ2) is 4.63. The Morgan fingerprint density at radius 2 is 2.07 bits per heavy atom. The van der Waals surface area contributed by atoms with Gasteiger partial charge in [0.1, 0.15) is 0 Å². The highest BCUT2D eigenvalue weighted by Crippen LogP contribution is 2.21. The van der Waals surface area contributed by atoms with Crippen LogP contribution in [0.5, 0.6) is 0 Å². The fourth-order valence-electron chi connectivity index (χ4n) is 2.46. The molecule has 14 heavy (non-hydrogen) atoms. The smallest absolute Gasteiger partial charge is 0.220 e. The van der Waals surface area contributed by atoms with Crippen molar-refractivity contribution in [3.05, 3.63) is 12.2 Å². The zero-order chi connectivity index (χ0) is 9.80. The lowest BCUT2D eigenvalue weighted by molar-refractivity contribution is -0.122. The summed E-state index contributed by atoms with van der Waals surface area (Å²) < 4.78 is 0. The number of hydrogen-bond acceptors (Lipinski definition) is 1. The standard InChI is InChI=1S/C12H19NO/c14-12(9-10-5-1-2-6-10)13-11-7-3-4-8-11/h1,5,10-11H,2-4,6-9H2,(H,13,14). The molecule has 2 nitrogen and oxygen atoms in total. The van der Waals surface area contributed by atoms with Crippen LogP contribution in [0.4, 0.5) is 0 Å². The Kier molecular flexibility index (Phi) is 3.22. The van der Waals surface area contributed by atoms with Gasteiger partial charge in [-0.1, -0.05) is 25.0 Å². The van der Waals surface area contributed by atoms with Crippen LogP contribution in [-0.4, -0.2) is 11.9 Å². The summed E-state index contributed by atoms with van der Waals surface area (Å²) in [5, 5.41) is 3.13. The maximum atomic E-state index is 11.6. The molecule has 1 fully saturated rings. The molecule has 2 rings (SSSR count). The molecule has 1 atom stereocenters. The summed E-state index contributed by atoms with van der Waals surface area (Å²) in [6.45, 7) is 0. The van der Waals surface area contributed by atoms with E-state index in [2.05, 4.69) is 17.5 Å². The number of nitrogens with one attached hydrogen (secondary N) is 1. The van der Waals surface area contributed by atoms with Gasteiger partial charge < -0.3 is 5.32 Å². The third-order valence-electron chi connectivity index (χ3n) is 3.28. The summed E-state index contributed by atoms with van der Waals surface area (Å²) in [6, 6.07) is 0.480. The van der Waals surface area contributed by atoms with Crippen molar-refractivity contribution in [2.24, 2.45) is 5.92 Å². The second-order valence-corrected chi connectivity index (χ2v) is 4.52. The molecule has 2 aliphatic carbocycles. The molecule has 2 heteroatoms. The van der Waals surface area contributed by atoms with Crippen molar-refractivity contribution in [1.29, 1.82) is 0 Å². The summed E-state index contributed by atoms with van der Waals surface area (Å²) in [7, 11) is 0. The number of carbonyl (C=O) groups excluding carboxylic acids is 1. The molecule has 0 aliphatic heterocycles. The van der Waals surface area contributed by atoms with Crippen LogP contribution in [0.1, 0.15) is 44.9 Å². The minimum atomic E-state index is 0.258. The first kappa shape index (κ1) is 9.75. The SMILES string of the molecule is O=C(CC1C=CCC1)NC1CCCC1. The molecular formula is C12H19NO. The average Bonchev–Trinajstić information content (AvgIpc) is 2.76. The molecule has 0 spiro atoms. The molecule has 0 heterocycles. The monoisotopic (exact) mass is 193 g/mol. The molecule has 0 aromatic rings. The van der Waals surface area contributed by atoms with E-state index in [-0.39, 0.29) is 5.91 Å². The van der Waals surface area contributed by atoms with E-state index >= 15 is 0 Å². The second-order valence-electron chi connectivity index (χ2n) is 4.52. The number of hydrogen-bond donors (Lipinski definition) is 1. The van der Waals surface area contributed by atoms with E-state index in [4.69, 9.17) is 0 Å². The van der Waals surface area contributed by atoms with Crippen LogP contribution in [0.2, 0.25) is 0 Å². The van der Waals surface area contributed by atoms with Crippen molar-refractivity contribution < 1.29 is 4.79 Å². The van der Waals surface area contributed by atoms with Gasteiger partial charge in [0.15, 0.2) is 0 Å². The molecule has 78 valence electrons. The number of rotatable bonds is 3. The van der Waals surface area contributed by atoms with Gasteiger partial charge in [0.2, 0.25) is 5.91 Å². The van der Waals surface area contributed by atoms with E-state index in [1.165, 1.54) is 25.7 Å². The molecule has 0 saturated heterocycles. The maximum Gasteiger partial charge on any atom is 0.220 e. The van der Waals surface area contributed by atoms with Crippen molar-refractivity contribution >= 4 is 5.91 Å². The largest absolute Gasteiger partial charge is 0.353 e. The third kappa shape index (κ3) is 2.60. The lowest BCUT2D eigenvalue weighted by Gasteiger charge is -2.13. The van der Waals surface area contributed by atoms with E-state index < -0.39 is 0 Å². The van der Waals surface area contributed by atoms with E-state index in [1.807, 2.05) is 0 Å². The molecule has 0 radical (unpaired) electrons. The highest BCUT2D eigenvalue weighted by molar-refractivity contribution is 5.76. The average molecular weight is 193 g/mol. The van der Waals surface area contributed by atoms with Gasteiger partial charge in [0, 0.05) is 12.5 Å². The lowest BCUT2D eigenvalue weighted by atomic mass is 10.0. The predicted molar refractivity (Wildman–Crippen MR) is 56.9 cm³/mol. The summed E-state index contributed by atoms with van der Waals surface area (Å²) in [5.41, 5.74) is 0. The van der Waals surface area contributed by atoms with Gasteiger partial charge in [-0.05, 0) is 31.6 Å². The third-order valence-corrected chi connectivity index (χ3v) is 3.28. The van der Waals surface area contributed by atoms with Crippen LogP contribution in [0.15, 0.2) is 12.2 Å². The van der Waals surface area contributed by atoms with Gasteiger partial charge in [-0.25, -0.2) is 0 Å². The van der Waals surface area contributed by atoms with Crippen LogP contribution in [0.3, 0.4) is 0 Å². The van der Waals surface area contributed by atoms with Crippen molar-refractivity contribution in [2.45, 2.75) is 51.0 Å². The Morgan fingerprint density at radius 3 is 2.71 bits per heavy atom. The van der Waals surface area contributed by atoms with E-state index in [0.29, 0.717) is 18.4 Å². The summed E-state index contributed by atoms with van der Waals surface area (Å²) in [5.74, 6) is 0.768.